The molecular formula is C26H29N7. The number of piperidine rings is 1. The minimum atomic E-state index is 0.424. The molecule has 7 nitrogen and oxygen atoms in total. The number of imidazole rings is 1. The van der Waals surface area contributed by atoms with Gasteiger partial charge in [0.15, 0.2) is 0 Å². The minimum absolute atomic E-state index is 0.424. The third-order valence-electron chi connectivity index (χ3n) is 6.08. The maximum absolute atomic E-state index is 4.76. The van der Waals surface area contributed by atoms with E-state index < -0.39 is 0 Å². The summed E-state index contributed by atoms with van der Waals surface area (Å²) in [5.74, 6) is 1.50. The molecule has 168 valence electrons. The smallest absolute Gasteiger partial charge is 0.229 e. The topological polar surface area (TPSA) is 70.9 Å². The zero-order valence-corrected chi connectivity index (χ0v) is 18.9. The van der Waals surface area contributed by atoms with E-state index in [1.807, 2.05) is 41.2 Å². The van der Waals surface area contributed by atoms with Crippen molar-refractivity contribution < 1.29 is 0 Å². The third-order valence-corrected chi connectivity index (χ3v) is 6.08. The SMILES string of the molecule is Cc1cnc(Nc2ccc(-n3ccnc3)cc2)nc1NC1CCN(Cc2ccccc2)CC1. The predicted molar refractivity (Wildman–Crippen MR) is 132 cm³/mol. The Morgan fingerprint density at radius 2 is 1.79 bits per heavy atom. The van der Waals surface area contributed by atoms with Gasteiger partial charge in [-0.15, -0.1) is 0 Å². The molecule has 1 saturated heterocycles. The molecule has 1 aliphatic heterocycles. The Balaban J connectivity index is 1.18. The Labute approximate surface area is 194 Å². The molecule has 1 aliphatic rings. The van der Waals surface area contributed by atoms with E-state index >= 15 is 0 Å². The Morgan fingerprint density at radius 1 is 1.00 bits per heavy atom. The Morgan fingerprint density at radius 3 is 2.52 bits per heavy atom. The lowest BCUT2D eigenvalue weighted by molar-refractivity contribution is 0.211. The van der Waals surface area contributed by atoms with Gasteiger partial charge in [0.1, 0.15) is 5.82 Å². The molecule has 5 rings (SSSR count). The second kappa shape index (κ2) is 9.83. The molecular weight excluding hydrogens is 410 g/mol. The maximum Gasteiger partial charge on any atom is 0.229 e. The molecule has 1 fully saturated rings. The summed E-state index contributed by atoms with van der Waals surface area (Å²) in [5, 5.41) is 6.98. The molecule has 0 aliphatic carbocycles. The summed E-state index contributed by atoms with van der Waals surface area (Å²) in [6, 6.07) is 19.3. The molecule has 2 aromatic carbocycles. The van der Waals surface area contributed by atoms with Crippen LogP contribution < -0.4 is 10.6 Å². The van der Waals surface area contributed by atoms with E-state index in [0.29, 0.717) is 12.0 Å². The van der Waals surface area contributed by atoms with Crippen LogP contribution in [0, 0.1) is 6.92 Å². The van der Waals surface area contributed by atoms with Crippen molar-refractivity contribution in [1.29, 1.82) is 0 Å². The van der Waals surface area contributed by atoms with Crippen molar-refractivity contribution in [3.05, 3.63) is 90.6 Å². The van der Waals surface area contributed by atoms with Crippen LogP contribution in [-0.2, 0) is 6.54 Å². The van der Waals surface area contributed by atoms with Crippen molar-refractivity contribution in [1.82, 2.24) is 24.4 Å². The third kappa shape index (κ3) is 5.38. The highest BCUT2D eigenvalue weighted by Gasteiger charge is 2.20. The van der Waals surface area contributed by atoms with Crippen LogP contribution in [-0.4, -0.2) is 43.6 Å². The molecule has 0 amide bonds. The normalized spacial score (nSPS) is 14.8. The van der Waals surface area contributed by atoms with Crippen LogP contribution in [0.5, 0.6) is 0 Å². The first-order chi connectivity index (χ1) is 16.2. The summed E-state index contributed by atoms with van der Waals surface area (Å²) in [5.41, 5.74) is 4.44. The average molecular weight is 440 g/mol. The van der Waals surface area contributed by atoms with Crippen LogP contribution in [0.4, 0.5) is 17.5 Å². The number of hydrogen-bond acceptors (Lipinski definition) is 6. The molecule has 3 heterocycles. The molecule has 2 aromatic heterocycles. The molecule has 0 saturated carbocycles. The molecule has 0 atom stereocenters. The van der Waals surface area contributed by atoms with Crippen LogP contribution in [0.3, 0.4) is 0 Å². The van der Waals surface area contributed by atoms with Gasteiger partial charge in [-0.05, 0) is 49.6 Å². The van der Waals surface area contributed by atoms with Gasteiger partial charge < -0.3 is 15.2 Å². The number of anilines is 3. The molecule has 0 spiro atoms. The van der Waals surface area contributed by atoms with E-state index in [-0.39, 0.29) is 0 Å². The van der Waals surface area contributed by atoms with Gasteiger partial charge in [-0.25, -0.2) is 9.97 Å². The summed E-state index contributed by atoms with van der Waals surface area (Å²) >= 11 is 0. The van der Waals surface area contributed by atoms with Gasteiger partial charge in [-0.3, -0.25) is 4.90 Å². The van der Waals surface area contributed by atoms with Crippen molar-refractivity contribution in [2.75, 3.05) is 23.7 Å². The highest BCUT2D eigenvalue weighted by molar-refractivity contribution is 5.58. The van der Waals surface area contributed by atoms with E-state index in [9.17, 15) is 0 Å². The van der Waals surface area contributed by atoms with Crippen LogP contribution in [0.25, 0.3) is 5.69 Å². The fourth-order valence-corrected chi connectivity index (χ4v) is 4.18. The zero-order chi connectivity index (χ0) is 22.5. The van der Waals surface area contributed by atoms with Crippen molar-refractivity contribution in [2.45, 2.75) is 32.4 Å². The van der Waals surface area contributed by atoms with Crippen molar-refractivity contribution in [3.63, 3.8) is 0 Å². The van der Waals surface area contributed by atoms with E-state index in [4.69, 9.17) is 4.98 Å². The molecule has 0 unspecified atom stereocenters. The summed E-state index contributed by atoms with van der Waals surface area (Å²) in [6.07, 6.45) is 9.57. The molecule has 2 N–H and O–H groups in total. The van der Waals surface area contributed by atoms with Gasteiger partial charge in [0.05, 0.1) is 6.33 Å². The highest BCUT2D eigenvalue weighted by Crippen LogP contribution is 2.22. The van der Waals surface area contributed by atoms with Crippen LogP contribution >= 0.6 is 0 Å². The van der Waals surface area contributed by atoms with E-state index in [0.717, 1.165) is 55.2 Å². The summed E-state index contributed by atoms with van der Waals surface area (Å²) < 4.78 is 1.97. The predicted octanol–water partition coefficient (Wildman–Crippen LogP) is 4.79. The standard InChI is InChI=1S/C26H29N7/c1-20-17-28-26(30-22-7-9-24(10-8-22)33-16-13-27-19-33)31-25(20)29-23-11-14-32(15-12-23)18-21-5-3-2-4-6-21/h2-10,13,16-17,19,23H,11-12,14-15,18H2,1H3,(H2,28,29,30,31). The van der Waals surface area contributed by atoms with E-state index in [1.165, 1.54) is 5.56 Å². The number of aryl methyl sites for hydroxylation is 1. The number of benzene rings is 2. The van der Waals surface area contributed by atoms with E-state index in [2.05, 4.69) is 62.8 Å². The monoisotopic (exact) mass is 439 g/mol. The summed E-state index contributed by atoms with van der Waals surface area (Å²) in [4.78, 5) is 15.9. The second-order valence-corrected chi connectivity index (χ2v) is 8.55. The maximum atomic E-state index is 4.76. The van der Waals surface area contributed by atoms with Crippen molar-refractivity contribution in [2.24, 2.45) is 0 Å². The number of hydrogen-bond donors (Lipinski definition) is 2. The number of nitrogens with one attached hydrogen (secondary N) is 2. The van der Waals surface area contributed by atoms with Gasteiger partial charge in [-0.1, -0.05) is 30.3 Å². The minimum Gasteiger partial charge on any atom is -0.367 e. The number of nitrogens with zero attached hydrogens (tertiary/aromatic N) is 5. The van der Waals surface area contributed by atoms with Gasteiger partial charge in [0.25, 0.3) is 0 Å². The van der Waals surface area contributed by atoms with Gasteiger partial charge in [0.2, 0.25) is 5.95 Å². The zero-order valence-electron chi connectivity index (χ0n) is 18.9. The van der Waals surface area contributed by atoms with Crippen molar-refractivity contribution >= 4 is 17.5 Å². The number of aromatic nitrogens is 4. The summed E-state index contributed by atoms with van der Waals surface area (Å²) in [7, 11) is 0. The molecule has 7 heteroatoms. The Hall–Kier alpha value is -3.71. The van der Waals surface area contributed by atoms with E-state index in [1.54, 1.807) is 12.5 Å². The van der Waals surface area contributed by atoms with Crippen LogP contribution in [0.1, 0.15) is 24.0 Å². The quantitative estimate of drug-likeness (QED) is 0.431. The lowest BCUT2D eigenvalue weighted by atomic mass is 10.0. The first-order valence-corrected chi connectivity index (χ1v) is 11.4. The van der Waals surface area contributed by atoms with Crippen LogP contribution in [0.15, 0.2) is 79.5 Å². The fourth-order valence-electron chi connectivity index (χ4n) is 4.18. The largest absolute Gasteiger partial charge is 0.367 e. The lowest BCUT2D eigenvalue weighted by Gasteiger charge is -2.32. The van der Waals surface area contributed by atoms with Gasteiger partial charge >= 0.3 is 0 Å². The molecule has 33 heavy (non-hydrogen) atoms. The van der Waals surface area contributed by atoms with Gasteiger partial charge in [0, 0.05) is 61.2 Å². The average Bonchev–Trinajstić information content (AvgIpc) is 3.39. The fraction of sp³-hybridized carbons (Fsp3) is 0.269. The first-order valence-electron chi connectivity index (χ1n) is 11.4. The number of likely N-dealkylation sites (tertiary alicyclic amines) is 1. The van der Waals surface area contributed by atoms with Gasteiger partial charge in [-0.2, -0.15) is 4.98 Å². The molecule has 4 aromatic rings. The van der Waals surface area contributed by atoms with Crippen LogP contribution in [0.2, 0.25) is 0 Å². The number of rotatable bonds is 7. The Kier molecular flexibility index (Phi) is 6.30. The Bertz CT molecular complexity index is 1150. The lowest BCUT2D eigenvalue weighted by Crippen LogP contribution is -2.38. The van der Waals surface area contributed by atoms with Crippen molar-refractivity contribution in [3.8, 4) is 5.69 Å². The molecule has 0 bridgehead atoms. The highest BCUT2D eigenvalue weighted by atomic mass is 15.2. The second-order valence-electron chi connectivity index (χ2n) is 8.55. The summed E-state index contributed by atoms with van der Waals surface area (Å²) in [6.45, 7) is 5.25. The molecule has 0 radical (unpaired) electrons. The first kappa shape index (κ1) is 21.2.